The second kappa shape index (κ2) is 7.09. The van der Waals surface area contributed by atoms with Crippen molar-refractivity contribution in [1.29, 1.82) is 0 Å². The Morgan fingerprint density at radius 2 is 1.81 bits per heavy atom. The van der Waals surface area contributed by atoms with Gasteiger partial charge in [-0.2, -0.15) is 0 Å². The first kappa shape index (κ1) is 15.3. The van der Waals surface area contributed by atoms with E-state index < -0.39 is 0 Å². The largest absolute Gasteiger partial charge is 0.295 e. The summed E-state index contributed by atoms with van der Waals surface area (Å²) in [5.74, 6) is 0.0722. The van der Waals surface area contributed by atoms with Gasteiger partial charge in [-0.1, -0.05) is 67.7 Å². The molecule has 0 saturated heterocycles. The number of hydrogen-bond acceptors (Lipinski definition) is 2. The van der Waals surface area contributed by atoms with Crippen molar-refractivity contribution in [2.75, 3.05) is 0 Å². The van der Waals surface area contributed by atoms with E-state index in [0.717, 1.165) is 28.0 Å². The van der Waals surface area contributed by atoms with Gasteiger partial charge >= 0.3 is 0 Å². The van der Waals surface area contributed by atoms with Crippen LogP contribution in [0.15, 0.2) is 54.6 Å². The van der Waals surface area contributed by atoms with Crippen molar-refractivity contribution in [3.05, 3.63) is 76.9 Å². The highest BCUT2D eigenvalue weighted by Gasteiger charge is 2.00. The van der Waals surface area contributed by atoms with Gasteiger partial charge in [0.25, 0.3) is 0 Å². The number of benzene rings is 2. The number of carbonyl (C=O) groups excluding carboxylic acids is 1. The summed E-state index contributed by atoms with van der Waals surface area (Å²) in [7, 11) is 0. The molecule has 0 aliphatic rings. The lowest BCUT2D eigenvalue weighted by atomic mass is 10.1. The van der Waals surface area contributed by atoms with Crippen molar-refractivity contribution in [2.24, 2.45) is 0 Å². The first-order valence-electron chi connectivity index (χ1n) is 7.02. The fourth-order valence-electron chi connectivity index (χ4n) is 2.03. The highest BCUT2D eigenvalue weighted by molar-refractivity contribution is 7.81. The summed E-state index contributed by atoms with van der Waals surface area (Å²) in [6, 6.07) is 15.9. The molecule has 2 aromatic rings. The molecule has 0 saturated carbocycles. The first-order valence-corrected chi connectivity index (χ1v) is 7.43. The lowest BCUT2D eigenvalue weighted by Gasteiger charge is -2.01. The quantitative estimate of drug-likeness (QED) is 0.444. The van der Waals surface area contributed by atoms with Gasteiger partial charge in [-0.25, -0.2) is 0 Å². The van der Waals surface area contributed by atoms with Gasteiger partial charge in [-0.05, 0) is 42.2 Å². The maximum absolute atomic E-state index is 11.4. The Labute approximate surface area is 131 Å². The van der Waals surface area contributed by atoms with Gasteiger partial charge in [0, 0.05) is 10.4 Å². The number of thiocarbonyl (C=S) groups is 1. The highest BCUT2D eigenvalue weighted by atomic mass is 32.1. The third kappa shape index (κ3) is 4.20. The molecule has 0 N–H and O–H groups in total. The number of aryl methyl sites for hydroxylation is 1. The normalized spacial score (nSPS) is 10.8. The number of hydrogen-bond donors (Lipinski definition) is 0. The molecule has 0 unspecified atom stereocenters. The van der Waals surface area contributed by atoms with Crippen LogP contribution in [0.25, 0.3) is 6.08 Å². The van der Waals surface area contributed by atoms with Crippen molar-refractivity contribution in [3.63, 3.8) is 0 Å². The zero-order valence-corrected chi connectivity index (χ0v) is 13.1. The zero-order valence-electron chi connectivity index (χ0n) is 12.3. The van der Waals surface area contributed by atoms with Gasteiger partial charge in [-0.3, -0.25) is 4.79 Å². The van der Waals surface area contributed by atoms with Crippen LogP contribution < -0.4 is 0 Å². The second-order valence-corrected chi connectivity index (χ2v) is 5.37. The van der Waals surface area contributed by atoms with Crippen LogP contribution in [0.1, 0.15) is 40.9 Å². The van der Waals surface area contributed by atoms with Crippen LogP contribution in [0.3, 0.4) is 0 Å². The molecule has 0 aliphatic carbocycles. The maximum atomic E-state index is 11.4. The number of allylic oxidation sites excluding steroid dienone is 1. The van der Waals surface area contributed by atoms with Crippen LogP contribution in [0.4, 0.5) is 0 Å². The molecule has 1 nitrogen and oxygen atoms in total. The maximum Gasteiger partial charge on any atom is 0.159 e. The average molecular weight is 294 g/mol. The molecule has 0 aliphatic heterocycles. The molecule has 0 radical (unpaired) electrons. The van der Waals surface area contributed by atoms with E-state index in [4.69, 9.17) is 12.2 Å². The predicted octanol–water partition coefficient (Wildman–Crippen LogP) is 4.88. The van der Waals surface area contributed by atoms with E-state index in [1.165, 1.54) is 5.56 Å². The van der Waals surface area contributed by atoms with Crippen LogP contribution in [0.2, 0.25) is 0 Å². The number of Topliss-reactive ketones (excluding diaryl/α,β-unsaturated/α-hetero) is 1. The highest BCUT2D eigenvalue weighted by Crippen LogP contribution is 2.11. The van der Waals surface area contributed by atoms with Gasteiger partial charge in [0.05, 0.1) is 0 Å². The molecule has 0 atom stereocenters. The fourth-order valence-corrected chi connectivity index (χ4v) is 2.24. The summed E-state index contributed by atoms with van der Waals surface area (Å²) in [4.78, 5) is 12.2. The molecule has 2 aromatic carbocycles. The number of rotatable bonds is 5. The molecule has 0 amide bonds. The van der Waals surface area contributed by atoms with Crippen LogP contribution >= 0.6 is 12.2 Å². The molecule has 21 heavy (non-hydrogen) atoms. The Hall–Kier alpha value is -2.06. The standard InChI is InChI=1S/C19H18OS/c1-3-15-7-10-17(11-8-15)19(21)12-9-16-5-4-6-18(13-16)14(2)20/h4-13H,3H2,1-2H3. The van der Waals surface area contributed by atoms with Crippen molar-refractivity contribution in [3.8, 4) is 0 Å². The minimum absolute atomic E-state index is 0.0722. The Kier molecular flexibility index (Phi) is 5.18. The van der Waals surface area contributed by atoms with E-state index in [1.54, 1.807) is 6.92 Å². The Morgan fingerprint density at radius 1 is 1.10 bits per heavy atom. The minimum atomic E-state index is 0.0722. The molecule has 2 heteroatoms. The van der Waals surface area contributed by atoms with Crippen molar-refractivity contribution < 1.29 is 4.79 Å². The fraction of sp³-hybridized carbons (Fsp3) is 0.158. The van der Waals surface area contributed by atoms with Crippen LogP contribution in [0.5, 0.6) is 0 Å². The molecule has 106 valence electrons. The monoisotopic (exact) mass is 294 g/mol. The molecule has 0 aromatic heterocycles. The van der Waals surface area contributed by atoms with Crippen molar-refractivity contribution >= 4 is 28.9 Å². The molecule has 0 bridgehead atoms. The van der Waals surface area contributed by atoms with E-state index >= 15 is 0 Å². The Morgan fingerprint density at radius 3 is 2.43 bits per heavy atom. The van der Waals surface area contributed by atoms with E-state index in [9.17, 15) is 4.79 Å². The molecular weight excluding hydrogens is 276 g/mol. The molecular formula is C19H18OS. The van der Waals surface area contributed by atoms with Crippen molar-refractivity contribution in [1.82, 2.24) is 0 Å². The SMILES string of the molecule is CCc1ccc(C(=S)C=Cc2cccc(C(C)=O)c2)cc1. The van der Waals surface area contributed by atoms with Gasteiger partial charge in [0.1, 0.15) is 0 Å². The smallest absolute Gasteiger partial charge is 0.159 e. The van der Waals surface area contributed by atoms with E-state index in [-0.39, 0.29) is 5.78 Å². The Bertz CT molecular complexity index is 681. The summed E-state index contributed by atoms with van der Waals surface area (Å²) in [5.41, 5.74) is 4.05. The van der Waals surface area contributed by atoms with Gasteiger partial charge in [0.15, 0.2) is 5.78 Å². The zero-order chi connectivity index (χ0) is 15.2. The summed E-state index contributed by atoms with van der Waals surface area (Å²) < 4.78 is 0. The first-order chi connectivity index (χ1) is 10.1. The topological polar surface area (TPSA) is 17.1 Å². The molecule has 0 spiro atoms. The summed E-state index contributed by atoms with van der Waals surface area (Å²) >= 11 is 5.43. The number of ketones is 1. The third-order valence-electron chi connectivity index (χ3n) is 3.37. The second-order valence-electron chi connectivity index (χ2n) is 4.93. The Balaban J connectivity index is 2.14. The van der Waals surface area contributed by atoms with Crippen LogP contribution in [0, 0.1) is 0 Å². The predicted molar refractivity (Wildman–Crippen MR) is 93.0 cm³/mol. The lowest BCUT2D eigenvalue weighted by Crippen LogP contribution is -1.94. The average Bonchev–Trinajstić information content (AvgIpc) is 2.53. The molecule has 0 fully saturated rings. The minimum Gasteiger partial charge on any atom is -0.295 e. The van der Waals surface area contributed by atoms with E-state index in [1.807, 2.05) is 36.4 Å². The molecule has 0 heterocycles. The summed E-state index contributed by atoms with van der Waals surface area (Å²) in [6.45, 7) is 3.71. The molecule has 2 rings (SSSR count). The van der Waals surface area contributed by atoms with E-state index in [0.29, 0.717) is 0 Å². The van der Waals surface area contributed by atoms with Crippen LogP contribution in [-0.2, 0) is 6.42 Å². The van der Waals surface area contributed by atoms with E-state index in [2.05, 4.69) is 31.2 Å². The van der Waals surface area contributed by atoms with Gasteiger partial charge in [0.2, 0.25) is 0 Å². The summed E-state index contributed by atoms with van der Waals surface area (Å²) in [6.07, 6.45) is 4.89. The van der Waals surface area contributed by atoms with Crippen LogP contribution in [-0.4, -0.2) is 10.6 Å². The van der Waals surface area contributed by atoms with Gasteiger partial charge < -0.3 is 0 Å². The van der Waals surface area contributed by atoms with Crippen molar-refractivity contribution in [2.45, 2.75) is 20.3 Å². The van der Waals surface area contributed by atoms with Gasteiger partial charge in [-0.15, -0.1) is 0 Å². The third-order valence-corrected chi connectivity index (χ3v) is 3.74. The number of carbonyl (C=O) groups is 1. The lowest BCUT2D eigenvalue weighted by molar-refractivity contribution is 0.101. The summed E-state index contributed by atoms with van der Waals surface area (Å²) in [5, 5.41) is 0.